The number of hydrogen-bond donors (Lipinski definition) is 0. The Kier molecular flexibility index (Phi) is 8.05. The van der Waals surface area contributed by atoms with Gasteiger partial charge in [-0.3, -0.25) is 0 Å². The average Bonchev–Trinajstić information content (AvgIpc) is 2.35. The molecule has 1 rings (SSSR count). The molecule has 0 N–H and O–H groups in total. The molecule has 0 aliphatic carbocycles. The highest BCUT2D eigenvalue weighted by atomic mass is 127. The molecule has 0 spiro atoms. The van der Waals surface area contributed by atoms with Crippen molar-refractivity contribution in [2.24, 2.45) is 0 Å². The summed E-state index contributed by atoms with van der Waals surface area (Å²) in [6.45, 7) is 3.91. The molecule has 102 valence electrons. The van der Waals surface area contributed by atoms with Crippen molar-refractivity contribution in [3.63, 3.8) is 0 Å². The molecule has 0 aliphatic rings. The fourth-order valence-electron chi connectivity index (χ4n) is 1.43. The van der Waals surface area contributed by atoms with Gasteiger partial charge in [0.1, 0.15) is 11.0 Å². The number of aryl methyl sites for hydroxylation is 1. The summed E-state index contributed by atoms with van der Waals surface area (Å²) in [5.41, 5.74) is 1.03. The van der Waals surface area contributed by atoms with E-state index in [1.807, 2.05) is 0 Å². The second-order valence-corrected chi connectivity index (χ2v) is 5.23. The van der Waals surface area contributed by atoms with Gasteiger partial charge in [0.25, 0.3) is 0 Å². The Balaban J connectivity index is 2.55. The minimum absolute atomic E-state index is 0.543. The highest BCUT2D eigenvalue weighted by Crippen LogP contribution is 2.20. The van der Waals surface area contributed by atoms with Crippen LogP contribution in [0.1, 0.15) is 24.9 Å². The number of hydrogen-bond acceptors (Lipinski definition) is 4. The SMILES string of the molecule is CCCc1nc(CCOCCOC)nc(Cl)c1I. The van der Waals surface area contributed by atoms with E-state index in [1.165, 1.54) is 0 Å². The number of methoxy groups -OCH3 is 1. The predicted molar refractivity (Wildman–Crippen MR) is 80.2 cm³/mol. The summed E-state index contributed by atoms with van der Waals surface area (Å²) in [5.74, 6) is 0.751. The maximum atomic E-state index is 6.10. The molecule has 0 amide bonds. The van der Waals surface area contributed by atoms with E-state index in [-0.39, 0.29) is 0 Å². The van der Waals surface area contributed by atoms with Gasteiger partial charge in [-0.15, -0.1) is 0 Å². The lowest BCUT2D eigenvalue weighted by Gasteiger charge is -2.08. The van der Waals surface area contributed by atoms with Crippen LogP contribution in [0, 0.1) is 3.57 Å². The molecule has 1 aromatic heterocycles. The number of halogens is 2. The molecule has 0 saturated carbocycles. The van der Waals surface area contributed by atoms with Crippen molar-refractivity contribution in [1.82, 2.24) is 9.97 Å². The van der Waals surface area contributed by atoms with Gasteiger partial charge >= 0.3 is 0 Å². The van der Waals surface area contributed by atoms with Crippen LogP contribution in [0.4, 0.5) is 0 Å². The Hall–Kier alpha value is 0.0200. The van der Waals surface area contributed by atoms with Crippen LogP contribution in [0.25, 0.3) is 0 Å². The van der Waals surface area contributed by atoms with E-state index in [4.69, 9.17) is 21.1 Å². The molecular weight excluding hydrogens is 367 g/mol. The van der Waals surface area contributed by atoms with Crippen molar-refractivity contribution in [3.05, 3.63) is 20.2 Å². The summed E-state index contributed by atoms with van der Waals surface area (Å²) < 4.78 is 11.3. The molecule has 6 heteroatoms. The molecule has 0 bridgehead atoms. The molecule has 0 unspecified atom stereocenters. The van der Waals surface area contributed by atoms with Gasteiger partial charge in [0.2, 0.25) is 0 Å². The molecule has 0 saturated heterocycles. The third kappa shape index (κ3) is 5.34. The van der Waals surface area contributed by atoms with Crippen LogP contribution in [-0.4, -0.2) is 36.9 Å². The van der Waals surface area contributed by atoms with Crippen LogP contribution in [0.3, 0.4) is 0 Å². The lowest BCUT2D eigenvalue weighted by Crippen LogP contribution is -2.09. The Morgan fingerprint density at radius 2 is 1.94 bits per heavy atom. The average molecular weight is 385 g/mol. The van der Waals surface area contributed by atoms with Crippen molar-refractivity contribution >= 4 is 34.2 Å². The smallest absolute Gasteiger partial charge is 0.146 e. The van der Waals surface area contributed by atoms with Gasteiger partial charge < -0.3 is 9.47 Å². The zero-order valence-corrected chi connectivity index (χ0v) is 13.6. The molecule has 0 fully saturated rings. The van der Waals surface area contributed by atoms with Crippen molar-refractivity contribution < 1.29 is 9.47 Å². The second kappa shape index (κ2) is 9.01. The van der Waals surface area contributed by atoms with E-state index in [0.717, 1.165) is 27.9 Å². The number of aromatic nitrogens is 2. The Morgan fingerprint density at radius 1 is 1.17 bits per heavy atom. The molecule has 4 nitrogen and oxygen atoms in total. The van der Waals surface area contributed by atoms with E-state index in [0.29, 0.717) is 31.4 Å². The van der Waals surface area contributed by atoms with Crippen molar-refractivity contribution in [3.8, 4) is 0 Å². The van der Waals surface area contributed by atoms with Crippen LogP contribution in [0.5, 0.6) is 0 Å². The summed E-state index contributed by atoms with van der Waals surface area (Å²) in [6.07, 6.45) is 2.65. The molecule has 0 radical (unpaired) electrons. The van der Waals surface area contributed by atoms with Gasteiger partial charge in [-0.05, 0) is 29.0 Å². The Labute approximate surface area is 127 Å². The molecule has 1 heterocycles. The van der Waals surface area contributed by atoms with Crippen molar-refractivity contribution in [2.75, 3.05) is 26.9 Å². The first kappa shape index (κ1) is 16.1. The van der Waals surface area contributed by atoms with Crippen LogP contribution < -0.4 is 0 Å². The van der Waals surface area contributed by atoms with E-state index >= 15 is 0 Å². The maximum absolute atomic E-state index is 6.10. The first-order valence-corrected chi connectivity index (χ1v) is 7.42. The van der Waals surface area contributed by atoms with Gasteiger partial charge in [0.15, 0.2) is 0 Å². The molecule has 0 atom stereocenters. The third-order valence-electron chi connectivity index (χ3n) is 2.31. The highest BCUT2D eigenvalue weighted by Gasteiger charge is 2.09. The first-order valence-electron chi connectivity index (χ1n) is 5.96. The summed E-state index contributed by atoms with van der Waals surface area (Å²) in [4.78, 5) is 8.80. The lowest BCUT2D eigenvalue weighted by atomic mass is 10.2. The van der Waals surface area contributed by atoms with E-state index < -0.39 is 0 Å². The summed E-state index contributed by atoms with van der Waals surface area (Å²) in [7, 11) is 1.66. The van der Waals surface area contributed by atoms with E-state index in [9.17, 15) is 0 Å². The quantitative estimate of drug-likeness (QED) is 0.393. The standard InChI is InChI=1S/C12H18ClIN2O2/c1-3-4-9-11(14)12(13)16-10(15-9)5-6-18-8-7-17-2/h3-8H2,1-2H3. The fraction of sp³-hybridized carbons (Fsp3) is 0.667. The predicted octanol–water partition coefficient (Wildman–Crippen LogP) is 2.89. The second-order valence-electron chi connectivity index (χ2n) is 3.80. The largest absolute Gasteiger partial charge is 0.382 e. The van der Waals surface area contributed by atoms with E-state index in [1.54, 1.807) is 7.11 Å². The number of rotatable bonds is 8. The number of ether oxygens (including phenoxy) is 2. The van der Waals surface area contributed by atoms with Crippen LogP contribution in [-0.2, 0) is 22.3 Å². The summed E-state index contributed by atoms with van der Waals surface area (Å²) >= 11 is 8.29. The minimum atomic E-state index is 0.543. The fourth-order valence-corrected chi connectivity index (χ4v) is 2.15. The normalized spacial score (nSPS) is 10.9. The summed E-state index contributed by atoms with van der Waals surface area (Å²) in [6, 6.07) is 0. The Bertz CT molecular complexity index is 377. The monoisotopic (exact) mass is 384 g/mol. The Morgan fingerprint density at radius 3 is 2.61 bits per heavy atom. The van der Waals surface area contributed by atoms with Gasteiger partial charge in [-0.2, -0.15) is 0 Å². The lowest BCUT2D eigenvalue weighted by molar-refractivity contribution is 0.0716. The molecule has 0 aromatic carbocycles. The zero-order chi connectivity index (χ0) is 13.4. The van der Waals surface area contributed by atoms with Crippen molar-refractivity contribution in [1.29, 1.82) is 0 Å². The van der Waals surface area contributed by atoms with Crippen LogP contribution in [0.2, 0.25) is 5.15 Å². The topological polar surface area (TPSA) is 44.2 Å². The van der Waals surface area contributed by atoms with E-state index in [2.05, 4.69) is 39.5 Å². The van der Waals surface area contributed by atoms with Crippen LogP contribution in [0.15, 0.2) is 0 Å². The summed E-state index contributed by atoms with van der Waals surface area (Å²) in [5, 5.41) is 0.543. The highest BCUT2D eigenvalue weighted by molar-refractivity contribution is 14.1. The maximum Gasteiger partial charge on any atom is 0.146 e. The van der Waals surface area contributed by atoms with Crippen molar-refractivity contribution in [2.45, 2.75) is 26.2 Å². The van der Waals surface area contributed by atoms with Gasteiger partial charge in [-0.1, -0.05) is 24.9 Å². The van der Waals surface area contributed by atoms with Gasteiger partial charge in [-0.25, -0.2) is 9.97 Å². The van der Waals surface area contributed by atoms with Gasteiger partial charge in [0.05, 0.1) is 29.1 Å². The third-order valence-corrected chi connectivity index (χ3v) is 4.04. The molecule has 0 aliphatic heterocycles. The first-order chi connectivity index (χ1) is 8.69. The molecule has 18 heavy (non-hydrogen) atoms. The van der Waals surface area contributed by atoms with Gasteiger partial charge in [0, 0.05) is 13.5 Å². The zero-order valence-electron chi connectivity index (χ0n) is 10.7. The molecular formula is C12H18ClIN2O2. The minimum Gasteiger partial charge on any atom is -0.382 e. The number of nitrogens with zero attached hydrogens (tertiary/aromatic N) is 2. The van der Waals surface area contributed by atoms with Crippen LogP contribution >= 0.6 is 34.2 Å². The molecule has 1 aromatic rings.